The van der Waals surface area contributed by atoms with E-state index in [0.29, 0.717) is 16.7 Å². The normalized spacial score (nSPS) is 13.4. The van der Waals surface area contributed by atoms with E-state index in [9.17, 15) is 17.2 Å². The predicted molar refractivity (Wildman–Crippen MR) is 87.3 cm³/mol. The number of hydrogen-bond donors (Lipinski definition) is 1. The lowest BCUT2D eigenvalue weighted by Crippen LogP contribution is -2.25. The third kappa shape index (κ3) is 5.13. The quantitative estimate of drug-likeness (QED) is 0.868. The molecule has 1 N–H and O–H groups in total. The van der Waals surface area contributed by atoms with Gasteiger partial charge in [0.25, 0.3) is 0 Å². The Labute approximate surface area is 138 Å². The van der Waals surface area contributed by atoms with Crippen molar-refractivity contribution in [3.63, 3.8) is 0 Å². The number of sulfonamides is 1. The zero-order chi connectivity index (χ0) is 17.0. The summed E-state index contributed by atoms with van der Waals surface area (Å²) in [6.07, 6.45) is 1.40. The maximum absolute atomic E-state index is 13.7. The van der Waals surface area contributed by atoms with Gasteiger partial charge in [-0.15, -0.1) is 0 Å². The number of nitrogens with one attached hydrogen (secondary N) is 1. The molecule has 0 saturated carbocycles. The molecule has 0 aromatic heterocycles. The fourth-order valence-corrected chi connectivity index (χ4v) is 3.10. The standard InChI is InChI=1S/C16H14ClF2NO2S/c1-11(15-7-6-14(18)10-16(15)19)20-23(21,22)9-8-12-2-4-13(17)5-3-12/h2-11,20H,1H3/b9-8+/t11-/m0/s1. The van der Waals surface area contributed by atoms with Crippen molar-refractivity contribution in [3.05, 3.63) is 75.7 Å². The van der Waals surface area contributed by atoms with Crippen LogP contribution in [0.15, 0.2) is 47.9 Å². The molecule has 0 heterocycles. The summed E-state index contributed by atoms with van der Waals surface area (Å²) in [5.41, 5.74) is 0.718. The van der Waals surface area contributed by atoms with Crippen molar-refractivity contribution >= 4 is 27.7 Å². The topological polar surface area (TPSA) is 46.2 Å². The molecule has 2 aromatic rings. The van der Waals surface area contributed by atoms with Crippen LogP contribution in [0, 0.1) is 11.6 Å². The fraction of sp³-hybridized carbons (Fsp3) is 0.125. The molecule has 0 unspecified atom stereocenters. The number of benzene rings is 2. The second kappa shape index (κ2) is 7.21. The first-order valence-electron chi connectivity index (χ1n) is 6.68. The average molecular weight is 358 g/mol. The van der Waals surface area contributed by atoms with Gasteiger partial charge < -0.3 is 0 Å². The molecule has 0 amide bonds. The molecule has 23 heavy (non-hydrogen) atoms. The maximum Gasteiger partial charge on any atom is 0.234 e. The second-order valence-corrected chi connectivity index (χ2v) is 6.94. The first-order valence-corrected chi connectivity index (χ1v) is 8.60. The summed E-state index contributed by atoms with van der Waals surface area (Å²) >= 11 is 5.75. The van der Waals surface area contributed by atoms with E-state index < -0.39 is 27.7 Å². The van der Waals surface area contributed by atoms with Crippen LogP contribution in [0.3, 0.4) is 0 Å². The van der Waals surface area contributed by atoms with E-state index in [1.807, 2.05) is 0 Å². The SMILES string of the molecule is C[C@H](NS(=O)(=O)/C=C/c1ccc(Cl)cc1)c1ccc(F)cc1F. The molecule has 0 aliphatic rings. The van der Waals surface area contributed by atoms with Gasteiger partial charge in [-0.05, 0) is 36.8 Å². The zero-order valence-electron chi connectivity index (χ0n) is 12.1. The molecule has 3 nitrogen and oxygen atoms in total. The molecule has 122 valence electrons. The summed E-state index contributed by atoms with van der Waals surface area (Å²) in [6, 6.07) is 8.76. The summed E-state index contributed by atoms with van der Waals surface area (Å²) in [6.45, 7) is 1.48. The summed E-state index contributed by atoms with van der Waals surface area (Å²) in [4.78, 5) is 0. The predicted octanol–water partition coefficient (Wildman–Crippen LogP) is 4.27. The molecule has 0 radical (unpaired) electrons. The molecule has 2 aromatic carbocycles. The summed E-state index contributed by atoms with van der Waals surface area (Å²) in [5.74, 6) is -1.52. The molecular formula is C16H14ClF2NO2S. The first kappa shape index (κ1) is 17.6. The maximum atomic E-state index is 13.7. The highest BCUT2D eigenvalue weighted by molar-refractivity contribution is 7.92. The molecule has 0 aliphatic carbocycles. The third-order valence-corrected chi connectivity index (χ3v) is 4.51. The summed E-state index contributed by atoms with van der Waals surface area (Å²) < 4.78 is 52.9. The lowest BCUT2D eigenvalue weighted by Gasteiger charge is -2.13. The van der Waals surface area contributed by atoms with Gasteiger partial charge >= 0.3 is 0 Å². The van der Waals surface area contributed by atoms with E-state index in [1.54, 1.807) is 24.3 Å². The fourth-order valence-electron chi connectivity index (χ4n) is 1.94. The molecule has 2 rings (SSSR count). The van der Waals surface area contributed by atoms with Crippen LogP contribution < -0.4 is 4.72 Å². The van der Waals surface area contributed by atoms with Crippen LogP contribution in [0.4, 0.5) is 8.78 Å². The Bertz CT molecular complexity index is 820. The zero-order valence-corrected chi connectivity index (χ0v) is 13.7. The van der Waals surface area contributed by atoms with E-state index >= 15 is 0 Å². The van der Waals surface area contributed by atoms with Gasteiger partial charge in [0.15, 0.2) is 0 Å². The van der Waals surface area contributed by atoms with Crippen molar-refractivity contribution in [2.75, 3.05) is 0 Å². The molecule has 0 bridgehead atoms. The Kier molecular flexibility index (Phi) is 5.51. The van der Waals surface area contributed by atoms with Crippen LogP contribution in [0.2, 0.25) is 5.02 Å². The highest BCUT2D eigenvalue weighted by atomic mass is 35.5. The Hall–Kier alpha value is -1.76. The minimum Gasteiger partial charge on any atom is -0.208 e. The highest BCUT2D eigenvalue weighted by Gasteiger charge is 2.16. The van der Waals surface area contributed by atoms with E-state index in [1.165, 1.54) is 19.1 Å². The van der Waals surface area contributed by atoms with E-state index in [2.05, 4.69) is 4.72 Å². The highest BCUT2D eigenvalue weighted by Crippen LogP contribution is 2.19. The van der Waals surface area contributed by atoms with Crippen LogP contribution in [0.1, 0.15) is 24.1 Å². The van der Waals surface area contributed by atoms with Crippen molar-refractivity contribution in [3.8, 4) is 0 Å². The molecular weight excluding hydrogens is 344 g/mol. The van der Waals surface area contributed by atoms with Gasteiger partial charge in [-0.1, -0.05) is 29.8 Å². The Balaban J connectivity index is 2.12. The van der Waals surface area contributed by atoms with E-state index in [0.717, 1.165) is 11.5 Å². The summed E-state index contributed by atoms with van der Waals surface area (Å²) in [5, 5.41) is 1.53. The van der Waals surface area contributed by atoms with E-state index in [-0.39, 0.29) is 5.56 Å². The van der Waals surface area contributed by atoms with Gasteiger partial charge in [-0.3, -0.25) is 0 Å². The molecule has 1 atom stereocenters. The lowest BCUT2D eigenvalue weighted by molar-refractivity contribution is 0.544. The van der Waals surface area contributed by atoms with Crippen molar-refractivity contribution in [2.24, 2.45) is 0 Å². The van der Waals surface area contributed by atoms with Gasteiger partial charge in [0.05, 0.1) is 0 Å². The van der Waals surface area contributed by atoms with Crippen molar-refractivity contribution in [1.82, 2.24) is 4.72 Å². The van der Waals surface area contributed by atoms with Gasteiger partial charge in [0, 0.05) is 28.1 Å². The van der Waals surface area contributed by atoms with Gasteiger partial charge in [0.2, 0.25) is 10.0 Å². The Morgan fingerprint density at radius 3 is 2.39 bits per heavy atom. The van der Waals surface area contributed by atoms with Crippen LogP contribution in [-0.4, -0.2) is 8.42 Å². The number of halogens is 3. The third-order valence-electron chi connectivity index (χ3n) is 3.08. The van der Waals surface area contributed by atoms with Crippen LogP contribution in [0.5, 0.6) is 0 Å². The number of hydrogen-bond acceptors (Lipinski definition) is 2. The van der Waals surface area contributed by atoms with Crippen LogP contribution >= 0.6 is 11.6 Å². The molecule has 0 aliphatic heterocycles. The van der Waals surface area contributed by atoms with Crippen molar-refractivity contribution in [2.45, 2.75) is 13.0 Å². The van der Waals surface area contributed by atoms with Crippen molar-refractivity contribution < 1.29 is 17.2 Å². The number of rotatable bonds is 5. The minimum atomic E-state index is -3.79. The Morgan fingerprint density at radius 1 is 1.13 bits per heavy atom. The monoisotopic (exact) mass is 357 g/mol. The molecule has 7 heteroatoms. The van der Waals surface area contributed by atoms with Crippen molar-refractivity contribution in [1.29, 1.82) is 0 Å². The van der Waals surface area contributed by atoms with Crippen LogP contribution in [0.25, 0.3) is 6.08 Å². The van der Waals surface area contributed by atoms with E-state index in [4.69, 9.17) is 11.6 Å². The largest absolute Gasteiger partial charge is 0.234 e. The van der Waals surface area contributed by atoms with Gasteiger partial charge in [0.1, 0.15) is 11.6 Å². The summed E-state index contributed by atoms with van der Waals surface area (Å²) in [7, 11) is -3.79. The second-order valence-electron chi connectivity index (χ2n) is 4.90. The minimum absolute atomic E-state index is 0.0647. The van der Waals surface area contributed by atoms with Crippen LogP contribution in [-0.2, 0) is 10.0 Å². The first-order chi connectivity index (χ1) is 10.8. The molecule has 0 fully saturated rings. The molecule has 0 spiro atoms. The molecule has 0 saturated heterocycles. The Morgan fingerprint density at radius 2 is 1.78 bits per heavy atom. The van der Waals surface area contributed by atoms with Gasteiger partial charge in [-0.25, -0.2) is 21.9 Å². The smallest absolute Gasteiger partial charge is 0.208 e. The van der Waals surface area contributed by atoms with Gasteiger partial charge in [-0.2, -0.15) is 0 Å². The lowest BCUT2D eigenvalue weighted by atomic mass is 10.1. The average Bonchev–Trinajstić information content (AvgIpc) is 2.46.